The van der Waals surface area contributed by atoms with Gasteiger partial charge in [-0.3, -0.25) is 4.79 Å². The Balaban J connectivity index is 1.59. The standard InChI is InChI=1S/C17H21N3O/c1-12-4-3-5-14(8-12)9-17(21)19-15-6-7-16-18-13(2)10-20(16)11-15/h3-5,8,10,15H,6-7,9,11H2,1-2H3,(H,19,21). The number of aromatic nitrogens is 2. The highest BCUT2D eigenvalue weighted by Gasteiger charge is 2.21. The van der Waals surface area contributed by atoms with E-state index in [2.05, 4.69) is 27.1 Å². The summed E-state index contributed by atoms with van der Waals surface area (Å²) in [7, 11) is 0. The largest absolute Gasteiger partial charge is 0.351 e. The molecule has 0 aliphatic carbocycles. The van der Waals surface area contributed by atoms with Crippen molar-refractivity contribution in [3.63, 3.8) is 0 Å². The van der Waals surface area contributed by atoms with Gasteiger partial charge in [-0.15, -0.1) is 0 Å². The van der Waals surface area contributed by atoms with Gasteiger partial charge < -0.3 is 9.88 Å². The Morgan fingerprint density at radius 2 is 2.29 bits per heavy atom. The molecule has 1 atom stereocenters. The molecular formula is C17H21N3O. The highest BCUT2D eigenvalue weighted by molar-refractivity contribution is 5.78. The minimum Gasteiger partial charge on any atom is -0.351 e. The molecule has 0 bridgehead atoms. The third-order valence-corrected chi connectivity index (χ3v) is 3.93. The van der Waals surface area contributed by atoms with Gasteiger partial charge in [0, 0.05) is 25.2 Å². The Morgan fingerprint density at radius 1 is 1.43 bits per heavy atom. The van der Waals surface area contributed by atoms with Crippen LogP contribution in [0.5, 0.6) is 0 Å². The normalized spacial score (nSPS) is 17.3. The first-order valence-electron chi connectivity index (χ1n) is 7.48. The third-order valence-electron chi connectivity index (χ3n) is 3.93. The monoisotopic (exact) mass is 283 g/mol. The number of hydrogen-bond donors (Lipinski definition) is 1. The van der Waals surface area contributed by atoms with Crippen molar-refractivity contribution in [1.29, 1.82) is 0 Å². The number of benzene rings is 1. The van der Waals surface area contributed by atoms with E-state index in [0.717, 1.165) is 36.5 Å². The molecule has 1 unspecified atom stereocenters. The molecule has 1 N–H and O–H groups in total. The zero-order valence-corrected chi connectivity index (χ0v) is 12.6. The minimum absolute atomic E-state index is 0.103. The Morgan fingerprint density at radius 3 is 3.10 bits per heavy atom. The van der Waals surface area contributed by atoms with Crippen molar-refractivity contribution in [3.8, 4) is 0 Å². The predicted molar refractivity (Wildman–Crippen MR) is 82.1 cm³/mol. The molecule has 21 heavy (non-hydrogen) atoms. The summed E-state index contributed by atoms with van der Waals surface area (Å²) in [5.74, 6) is 1.24. The third kappa shape index (κ3) is 3.32. The van der Waals surface area contributed by atoms with Crippen molar-refractivity contribution in [3.05, 3.63) is 53.1 Å². The summed E-state index contributed by atoms with van der Waals surface area (Å²) in [5.41, 5.74) is 3.32. The van der Waals surface area contributed by atoms with Crippen LogP contribution in [0.4, 0.5) is 0 Å². The van der Waals surface area contributed by atoms with Crippen LogP contribution >= 0.6 is 0 Å². The number of rotatable bonds is 3. The van der Waals surface area contributed by atoms with E-state index in [1.807, 2.05) is 32.0 Å². The van der Waals surface area contributed by atoms with Crippen molar-refractivity contribution in [2.24, 2.45) is 0 Å². The van der Waals surface area contributed by atoms with Crippen molar-refractivity contribution in [2.45, 2.75) is 45.7 Å². The summed E-state index contributed by atoms with van der Waals surface area (Å²) in [6.07, 6.45) is 4.42. The zero-order valence-electron chi connectivity index (χ0n) is 12.6. The first-order valence-corrected chi connectivity index (χ1v) is 7.48. The lowest BCUT2D eigenvalue weighted by Crippen LogP contribution is -2.41. The maximum atomic E-state index is 12.2. The number of nitrogens with one attached hydrogen (secondary N) is 1. The first-order chi connectivity index (χ1) is 10.1. The van der Waals surface area contributed by atoms with Gasteiger partial charge in [0.05, 0.1) is 12.1 Å². The van der Waals surface area contributed by atoms with Crippen LogP contribution in [0, 0.1) is 13.8 Å². The van der Waals surface area contributed by atoms with Crippen LogP contribution in [0.1, 0.15) is 29.1 Å². The molecule has 4 nitrogen and oxygen atoms in total. The average Bonchev–Trinajstić information content (AvgIpc) is 2.78. The quantitative estimate of drug-likeness (QED) is 0.938. The number of nitrogens with zero attached hydrogens (tertiary/aromatic N) is 2. The Bertz CT molecular complexity index is 660. The average molecular weight is 283 g/mol. The molecule has 4 heteroatoms. The molecule has 1 aromatic heterocycles. The summed E-state index contributed by atoms with van der Waals surface area (Å²) in [6.45, 7) is 4.89. The van der Waals surface area contributed by atoms with E-state index in [1.54, 1.807) is 0 Å². The maximum absolute atomic E-state index is 12.2. The van der Waals surface area contributed by atoms with Gasteiger partial charge in [-0.1, -0.05) is 29.8 Å². The molecule has 0 saturated carbocycles. The van der Waals surface area contributed by atoms with Crippen LogP contribution in [0.15, 0.2) is 30.5 Å². The smallest absolute Gasteiger partial charge is 0.224 e. The Hall–Kier alpha value is -2.10. The van der Waals surface area contributed by atoms with Crippen molar-refractivity contribution < 1.29 is 4.79 Å². The van der Waals surface area contributed by atoms with E-state index < -0.39 is 0 Å². The van der Waals surface area contributed by atoms with E-state index in [4.69, 9.17) is 0 Å². The van der Waals surface area contributed by atoms with Crippen molar-refractivity contribution in [1.82, 2.24) is 14.9 Å². The second-order valence-corrected chi connectivity index (χ2v) is 5.92. The van der Waals surface area contributed by atoms with E-state index in [-0.39, 0.29) is 11.9 Å². The summed E-state index contributed by atoms with van der Waals surface area (Å²) >= 11 is 0. The van der Waals surface area contributed by atoms with Crippen LogP contribution in [0.25, 0.3) is 0 Å². The molecule has 1 aliphatic rings. The number of fused-ring (bicyclic) bond motifs is 1. The second kappa shape index (κ2) is 5.72. The van der Waals surface area contributed by atoms with Crippen LogP contribution in [0.2, 0.25) is 0 Å². The highest BCUT2D eigenvalue weighted by Crippen LogP contribution is 2.15. The fourth-order valence-corrected chi connectivity index (χ4v) is 2.99. The van der Waals surface area contributed by atoms with Crippen LogP contribution < -0.4 is 5.32 Å². The molecule has 2 heterocycles. The number of carbonyl (C=O) groups excluding carboxylic acids is 1. The Labute approximate surface area is 125 Å². The van der Waals surface area contributed by atoms with Gasteiger partial charge in [-0.05, 0) is 25.8 Å². The van der Waals surface area contributed by atoms with E-state index in [0.29, 0.717) is 6.42 Å². The van der Waals surface area contributed by atoms with E-state index >= 15 is 0 Å². The lowest BCUT2D eigenvalue weighted by molar-refractivity contribution is -0.121. The maximum Gasteiger partial charge on any atom is 0.224 e. The SMILES string of the molecule is Cc1cccc(CC(=O)NC2CCc3nc(C)cn3C2)c1. The van der Waals surface area contributed by atoms with Gasteiger partial charge in [0.2, 0.25) is 5.91 Å². The summed E-state index contributed by atoms with van der Waals surface area (Å²) in [5, 5.41) is 3.15. The van der Waals surface area contributed by atoms with Gasteiger partial charge in [0.25, 0.3) is 0 Å². The lowest BCUT2D eigenvalue weighted by atomic mass is 10.1. The summed E-state index contributed by atoms with van der Waals surface area (Å²) in [6, 6.07) is 8.33. The van der Waals surface area contributed by atoms with Gasteiger partial charge in [0.15, 0.2) is 0 Å². The van der Waals surface area contributed by atoms with Gasteiger partial charge in [-0.25, -0.2) is 4.98 Å². The highest BCUT2D eigenvalue weighted by atomic mass is 16.1. The van der Waals surface area contributed by atoms with Gasteiger partial charge >= 0.3 is 0 Å². The molecular weight excluding hydrogens is 262 g/mol. The molecule has 1 aliphatic heterocycles. The number of imidazole rings is 1. The molecule has 0 radical (unpaired) electrons. The van der Waals surface area contributed by atoms with Crippen LogP contribution in [0.3, 0.4) is 0 Å². The molecule has 0 saturated heterocycles. The van der Waals surface area contributed by atoms with Crippen LogP contribution in [-0.2, 0) is 24.2 Å². The number of aryl methyl sites for hydroxylation is 3. The topological polar surface area (TPSA) is 46.9 Å². The summed E-state index contributed by atoms with van der Waals surface area (Å²) in [4.78, 5) is 16.7. The number of carbonyl (C=O) groups is 1. The molecule has 2 aromatic rings. The first kappa shape index (κ1) is 13.9. The predicted octanol–water partition coefficient (Wildman–Crippen LogP) is 2.17. The van der Waals surface area contributed by atoms with E-state index in [9.17, 15) is 4.79 Å². The number of hydrogen-bond acceptors (Lipinski definition) is 2. The molecule has 1 aromatic carbocycles. The minimum atomic E-state index is 0.103. The zero-order chi connectivity index (χ0) is 14.8. The lowest BCUT2D eigenvalue weighted by Gasteiger charge is -2.24. The van der Waals surface area contributed by atoms with E-state index in [1.165, 1.54) is 5.56 Å². The molecule has 1 amide bonds. The fourth-order valence-electron chi connectivity index (χ4n) is 2.99. The Kier molecular flexibility index (Phi) is 3.78. The fraction of sp³-hybridized carbons (Fsp3) is 0.412. The van der Waals surface area contributed by atoms with Crippen molar-refractivity contribution >= 4 is 5.91 Å². The summed E-state index contributed by atoms with van der Waals surface area (Å²) < 4.78 is 2.16. The van der Waals surface area contributed by atoms with Crippen molar-refractivity contribution in [2.75, 3.05) is 0 Å². The number of amides is 1. The van der Waals surface area contributed by atoms with Crippen LogP contribution in [-0.4, -0.2) is 21.5 Å². The molecule has 3 rings (SSSR count). The second-order valence-electron chi connectivity index (χ2n) is 5.92. The van der Waals surface area contributed by atoms with Gasteiger partial charge in [-0.2, -0.15) is 0 Å². The molecule has 0 spiro atoms. The van der Waals surface area contributed by atoms with Gasteiger partial charge in [0.1, 0.15) is 5.82 Å². The molecule has 0 fully saturated rings. The molecule has 110 valence electrons.